The summed E-state index contributed by atoms with van der Waals surface area (Å²) >= 11 is 0. The third-order valence-electron chi connectivity index (χ3n) is 2.17. The first-order valence-electron chi connectivity index (χ1n) is 6.23. The predicted octanol–water partition coefficient (Wildman–Crippen LogP) is 0.518. The van der Waals surface area contributed by atoms with E-state index in [2.05, 4.69) is 9.72 Å². The number of nitrogens with zero attached hydrogens (tertiary/aromatic N) is 1. The van der Waals surface area contributed by atoms with Gasteiger partial charge in [0.1, 0.15) is 5.52 Å². The molecule has 1 aromatic heterocycles. The largest absolute Gasteiger partial charge is 0.463 e. The highest BCUT2D eigenvalue weighted by molar-refractivity contribution is 5.93. The molecule has 2 rings (SSSR count). The number of amides is 2. The number of rotatable bonds is 4. The number of para-hydroxylation sites is 2. The molecule has 0 fully saturated rings. The average Bonchev–Trinajstić information content (AvgIpc) is 2.90. The number of carbonyl (C=O) groups excluding carboxylic acids is 3. The Morgan fingerprint density at radius 2 is 1.91 bits per heavy atom. The van der Waals surface area contributed by atoms with Crippen molar-refractivity contribution in [3.05, 3.63) is 42.3 Å². The van der Waals surface area contributed by atoms with Gasteiger partial charge < -0.3 is 20.6 Å². The van der Waals surface area contributed by atoms with Crippen LogP contribution < -0.4 is 11.5 Å². The van der Waals surface area contributed by atoms with Crippen molar-refractivity contribution in [2.75, 3.05) is 6.61 Å². The van der Waals surface area contributed by atoms with Crippen molar-refractivity contribution in [1.29, 1.82) is 0 Å². The van der Waals surface area contributed by atoms with Gasteiger partial charge in [-0.2, -0.15) is 0 Å². The molecular formula is C14H15N3O5. The van der Waals surface area contributed by atoms with Crippen LogP contribution in [0.5, 0.6) is 0 Å². The molecule has 0 aliphatic rings. The van der Waals surface area contributed by atoms with Gasteiger partial charge in [-0.05, 0) is 19.1 Å². The molecule has 0 atom stereocenters. The fourth-order valence-corrected chi connectivity index (χ4v) is 1.32. The Labute approximate surface area is 125 Å². The molecule has 1 heterocycles. The van der Waals surface area contributed by atoms with Crippen LogP contribution in [-0.4, -0.2) is 29.4 Å². The van der Waals surface area contributed by atoms with Crippen molar-refractivity contribution in [2.24, 2.45) is 11.5 Å². The summed E-state index contributed by atoms with van der Waals surface area (Å²) < 4.78 is 9.50. The topological polar surface area (TPSA) is 139 Å². The second kappa shape index (κ2) is 8.20. The number of esters is 1. The number of aromatic nitrogens is 1. The highest BCUT2D eigenvalue weighted by atomic mass is 16.5. The molecule has 0 aliphatic heterocycles. The number of benzene rings is 1. The lowest BCUT2D eigenvalue weighted by Crippen LogP contribution is -2.10. The van der Waals surface area contributed by atoms with Gasteiger partial charge in [-0.15, -0.1) is 0 Å². The van der Waals surface area contributed by atoms with Crippen LogP contribution in [0.1, 0.15) is 17.6 Å². The molecule has 0 aliphatic carbocycles. The van der Waals surface area contributed by atoms with E-state index in [1.54, 1.807) is 25.1 Å². The van der Waals surface area contributed by atoms with E-state index < -0.39 is 17.8 Å². The van der Waals surface area contributed by atoms with E-state index in [9.17, 15) is 14.4 Å². The van der Waals surface area contributed by atoms with E-state index in [1.807, 2.05) is 6.07 Å². The molecular weight excluding hydrogens is 290 g/mol. The lowest BCUT2D eigenvalue weighted by molar-refractivity contribution is -0.137. The zero-order valence-electron chi connectivity index (χ0n) is 11.8. The van der Waals surface area contributed by atoms with Crippen LogP contribution in [0.4, 0.5) is 0 Å². The zero-order valence-corrected chi connectivity index (χ0v) is 11.8. The van der Waals surface area contributed by atoms with Crippen LogP contribution in [0.15, 0.2) is 40.8 Å². The van der Waals surface area contributed by atoms with Gasteiger partial charge in [0, 0.05) is 12.2 Å². The molecule has 22 heavy (non-hydrogen) atoms. The minimum Gasteiger partial charge on any atom is -0.463 e. The molecule has 1 aromatic carbocycles. The first-order chi connectivity index (χ1) is 10.4. The van der Waals surface area contributed by atoms with Gasteiger partial charge in [0.05, 0.1) is 6.61 Å². The summed E-state index contributed by atoms with van der Waals surface area (Å²) in [6, 6.07) is 7.11. The summed E-state index contributed by atoms with van der Waals surface area (Å²) in [7, 11) is 0. The highest BCUT2D eigenvalue weighted by Crippen LogP contribution is 2.13. The molecule has 4 N–H and O–H groups in total. The first-order valence-corrected chi connectivity index (χ1v) is 6.23. The number of hydrogen-bond acceptors (Lipinski definition) is 6. The third kappa shape index (κ3) is 5.45. The standard InChI is InChI=1S/C8H6N2O2.C6H9NO3/c9-7(11)8-10-5-3-1-2-4-6(5)12-8;1-2-10-6(9)4-3-5(7)8/h1-4H,(H2,9,11);3-4H,2H2,1H3,(H2,7,8). The van der Waals surface area contributed by atoms with Crippen LogP contribution in [0.25, 0.3) is 11.1 Å². The van der Waals surface area contributed by atoms with Gasteiger partial charge in [0.2, 0.25) is 5.91 Å². The maximum Gasteiger partial charge on any atom is 0.330 e. The number of oxazole rings is 1. The molecule has 8 heteroatoms. The molecule has 2 amide bonds. The first kappa shape index (κ1) is 16.9. The Morgan fingerprint density at radius 3 is 2.45 bits per heavy atom. The number of primary amides is 2. The number of ether oxygens (including phenoxy) is 1. The molecule has 0 radical (unpaired) electrons. The van der Waals surface area contributed by atoms with Gasteiger partial charge >= 0.3 is 11.9 Å². The summed E-state index contributed by atoms with van der Waals surface area (Å²) in [6.07, 6.45) is 1.95. The quantitative estimate of drug-likeness (QED) is 0.623. The molecule has 0 bridgehead atoms. The van der Waals surface area contributed by atoms with E-state index in [0.29, 0.717) is 17.7 Å². The lowest BCUT2D eigenvalue weighted by Gasteiger charge is -1.92. The summed E-state index contributed by atoms with van der Waals surface area (Å²) in [6.45, 7) is 1.97. The predicted molar refractivity (Wildman–Crippen MR) is 77.5 cm³/mol. The Hall–Kier alpha value is -3.16. The lowest BCUT2D eigenvalue weighted by atomic mass is 10.3. The summed E-state index contributed by atoms with van der Waals surface area (Å²) in [4.78, 5) is 35.0. The maximum absolute atomic E-state index is 10.6. The van der Waals surface area contributed by atoms with Gasteiger partial charge in [-0.3, -0.25) is 9.59 Å². The number of fused-ring (bicyclic) bond motifs is 1. The summed E-state index contributed by atoms with van der Waals surface area (Å²) in [5, 5.41) is 0. The van der Waals surface area contributed by atoms with Gasteiger partial charge in [-0.1, -0.05) is 12.1 Å². The van der Waals surface area contributed by atoms with Gasteiger partial charge in [-0.25, -0.2) is 9.78 Å². The summed E-state index contributed by atoms with van der Waals surface area (Å²) in [5.74, 6) is -1.91. The van der Waals surface area contributed by atoms with E-state index in [4.69, 9.17) is 15.9 Å². The number of hydrogen-bond donors (Lipinski definition) is 2. The van der Waals surface area contributed by atoms with Gasteiger partial charge in [0.25, 0.3) is 5.89 Å². The Bertz CT molecular complexity index is 672. The second-order valence-electron chi connectivity index (χ2n) is 3.84. The molecule has 0 saturated carbocycles. The zero-order chi connectivity index (χ0) is 16.5. The Kier molecular flexibility index (Phi) is 6.30. The Balaban J connectivity index is 0.000000225. The monoisotopic (exact) mass is 305 g/mol. The van der Waals surface area contributed by atoms with Crippen molar-refractivity contribution in [3.8, 4) is 0 Å². The molecule has 0 saturated heterocycles. The Morgan fingerprint density at radius 1 is 1.23 bits per heavy atom. The van der Waals surface area contributed by atoms with Crippen LogP contribution in [-0.2, 0) is 14.3 Å². The highest BCUT2D eigenvalue weighted by Gasteiger charge is 2.08. The molecule has 0 unspecified atom stereocenters. The van der Waals surface area contributed by atoms with E-state index in [0.717, 1.165) is 12.2 Å². The van der Waals surface area contributed by atoms with Crippen molar-refractivity contribution in [1.82, 2.24) is 4.98 Å². The number of nitrogens with two attached hydrogens (primary N) is 2. The van der Waals surface area contributed by atoms with E-state index >= 15 is 0 Å². The minimum absolute atomic E-state index is 0.0452. The summed E-state index contributed by atoms with van der Waals surface area (Å²) in [5.41, 5.74) is 10.9. The smallest absolute Gasteiger partial charge is 0.330 e. The van der Waals surface area contributed by atoms with Crippen LogP contribution in [0, 0.1) is 0 Å². The van der Waals surface area contributed by atoms with Crippen molar-refractivity contribution in [3.63, 3.8) is 0 Å². The molecule has 8 nitrogen and oxygen atoms in total. The number of carbonyl (C=O) groups is 3. The fourth-order valence-electron chi connectivity index (χ4n) is 1.32. The van der Waals surface area contributed by atoms with Gasteiger partial charge in [0.15, 0.2) is 5.58 Å². The molecule has 2 aromatic rings. The fraction of sp³-hybridized carbons (Fsp3) is 0.143. The van der Waals surface area contributed by atoms with Crippen LogP contribution >= 0.6 is 0 Å². The SMILES string of the molecule is CCOC(=O)C=CC(N)=O.NC(=O)c1nc2ccccc2o1. The van der Waals surface area contributed by atoms with E-state index in [-0.39, 0.29) is 5.89 Å². The van der Waals surface area contributed by atoms with Crippen molar-refractivity contribution >= 4 is 28.9 Å². The van der Waals surface area contributed by atoms with Crippen LogP contribution in [0.2, 0.25) is 0 Å². The van der Waals surface area contributed by atoms with E-state index in [1.165, 1.54) is 0 Å². The average molecular weight is 305 g/mol. The maximum atomic E-state index is 10.6. The molecule has 116 valence electrons. The molecule has 0 spiro atoms. The minimum atomic E-state index is -0.659. The second-order valence-corrected chi connectivity index (χ2v) is 3.84. The normalized spacial score (nSPS) is 10.0. The van der Waals surface area contributed by atoms with Crippen molar-refractivity contribution < 1.29 is 23.5 Å². The van der Waals surface area contributed by atoms with Crippen molar-refractivity contribution in [2.45, 2.75) is 6.92 Å². The third-order valence-corrected chi connectivity index (χ3v) is 2.17. The van der Waals surface area contributed by atoms with Crippen LogP contribution in [0.3, 0.4) is 0 Å².